The van der Waals surface area contributed by atoms with Gasteiger partial charge in [-0.1, -0.05) is 63.2 Å². The monoisotopic (exact) mass is 303 g/mol. The van der Waals surface area contributed by atoms with Crippen LogP contribution >= 0.6 is 11.6 Å². The second kappa shape index (κ2) is 7.23. The van der Waals surface area contributed by atoms with Crippen LogP contribution in [0.3, 0.4) is 0 Å². The maximum absolute atomic E-state index is 6.26. The molecule has 2 heterocycles. The molecule has 0 radical (unpaired) electrons. The van der Waals surface area contributed by atoms with Crippen molar-refractivity contribution in [2.45, 2.75) is 35.1 Å². The van der Waals surface area contributed by atoms with Crippen molar-refractivity contribution < 1.29 is 0 Å². The van der Waals surface area contributed by atoms with Crippen molar-refractivity contribution in [1.82, 2.24) is 15.0 Å². The number of fused-ring (bicyclic) bond motifs is 1. The van der Waals surface area contributed by atoms with Gasteiger partial charge in [-0.3, -0.25) is 0 Å². The topological polar surface area (TPSA) is 41.6 Å². The van der Waals surface area contributed by atoms with Crippen molar-refractivity contribution in [1.29, 1.82) is 0 Å². The Labute approximate surface area is 131 Å². The molecule has 0 bridgehead atoms. The van der Waals surface area contributed by atoms with Gasteiger partial charge in [0.15, 0.2) is 5.82 Å². The van der Waals surface area contributed by atoms with E-state index < -0.39 is 0 Å². The van der Waals surface area contributed by atoms with Crippen LogP contribution in [0.5, 0.6) is 0 Å². The first-order chi connectivity index (χ1) is 9.66. The van der Waals surface area contributed by atoms with Gasteiger partial charge >= 0.3 is 0 Å². The third-order valence-electron chi connectivity index (χ3n) is 3.14. The second-order valence-electron chi connectivity index (χ2n) is 4.30. The molecular formula is C17H22ClN3. The number of H-pyrrole nitrogens is 1. The number of hydrogen-bond donors (Lipinski definition) is 1. The van der Waals surface area contributed by atoms with Crippen molar-refractivity contribution in [2.75, 3.05) is 0 Å². The van der Waals surface area contributed by atoms with E-state index in [1.54, 1.807) is 0 Å². The minimum absolute atomic E-state index is 0. The van der Waals surface area contributed by atoms with Gasteiger partial charge in [0.2, 0.25) is 0 Å². The largest absolute Gasteiger partial charge is 0.343 e. The molecule has 0 spiro atoms. The average Bonchev–Trinajstić information content (AvgIpc) is 2.77. The molecule has 1 N–H and O–H groups in total. The summed E-state index contributed by atoms with van der Waals surface area (Å²) in [7, 11) is 0. The molecule has 0 unspecified atom stereocenters. The predicted molar refractivity (Wildman–Crippen MR) is 91.9 cm³/mol. The van der Waals surface area contributed by atoms with Gasteiger partial charge < -0.3 is 4.98 Å². The molecule has 112 valence electrons. The molecule has 0 saturated carbocycles. The maximum atomic E-state index is 6.26. The Morgan fingerprint density at radius 2 is 1.62 bits per heavy atom. The standard InChI is InChI=1S/C14H12ClN3.C2H6.CH4/c1-8-9(2)16-14-11(8)12(15)17-13(18-14)10-6-4-3-5-7-10;1-2;/h3-7H,1-2H3,(H,16,17,18);1-2H3;1H4. The van der Waals surface area contributed by atoms with E-state index in [0.717, 1.165) is 27.9 Å². The highest BCUT2D eigenvalue weighted by Crippen LogP contribution is 2.28. The Kier molecular flexibility index (Phi) is 5.91. The fourth-order valence-corrected chi connectivity index (χ4v) is 2.34. The molecule has 0 aliphatic carbocycles. The Morgan fingerprint density at radius 1 is 1.00 bits per heavy atom. The summed E-state index contributed by atoms with van der Waals surface area (Å²) in [5.74, 6) is 0.648. The van der Waals surface area contributed by atoms with Gasteiger partial charge in [-0.05, 0) is 19.4 Å². The van der Waals surface area contributed by atoms with Crippen molar-refractivity contribution in [2.24, 2.45) is 0 Å². The zero-order valence-electron chi connectivity index (χ0n) is 12.2. The molecule has 4 heteroatoms. The van der Waals surface area contributed by atoms with Gasteiger partial charge in [-0.25, -0.2) is 9.97 Å². The summed E-state index contributed by atoms with van der Waals surface area (Å²) in [6.45, 7) is 8.03. The third kappa shape index (κ3) is 3.24. The van der Waals surface area contributed by atoms with Crippen molar-refractivity contribution in [3.63, 3.8) is 0 Å². The summed E-state index contributed by atoms with van der Waals surface area (Å²) >= 11 is 6.26. The number of aryl methyl sites for hydroxylation is 2. The Bertz CT molecular complexity index is 718. The Morgan fingerprint density at radius 3 is 2.24 bits per heavy atom. The van der Waals surface area contributed by atoms with Gasteiger partial charge in [-0.2, -0.15) is 0 Å². The van der Waals surface area contributed by atoms with E-state index in [0.29, 0.717) is 11.0 Å². The smallest absolute Gasteiger partial charge is 0.163 e. The highest BCUT2D eigenvalue weighted by Gasteiger charge is 2.13. The number of benzene rings is 1. The van der Waals surface area contributed by atoms with Gasteiger partial charge in [0.05, 0.1) is 5.39 Å². The zero-order chi connectivity index (χ0) is 14.7. The maximum Gasteiger partial charge on any atom is 0.163 e. The molecule has 0 fully saturated rings. The lowest BCUT2D eigenvalue weighted by atomic mass is 10.2. The lowest BCUT2D eigenvalue weighted by Crippen LogP contribution is -1.91. The lowest BCUT2D eigenvalue weighted by Gasteiger charge is -2.01. The number of hydrogen-bond acceptors (Lipinski definition) is 2. The van der Waals surface area contributed by atoms with E-state index in [4.69, 9.17) is 11.6 Å². The van der Waals surface area contributed by atoms with Crippen LogP contribution < -0.4 is 0 Å². The molecule has 0 atom stereocenters. The molecule has 3 aromatic rings. The number of nitrogens with zero attached hydrogens (tertiary/aromatic N) is 2. The van der Waals surface area contributed by atoms with Gasteiger partial charge in [0.1, 0.15) is 10.8 Å². The van der Waals surface area contributed by atoms with Crippen LogP contribution in [-0.2, 0) is 0 Å². The van der Waals surface area contributed by atoms with Crippen molar-refractivity contribution >= 4 is 22.6 Å². The van der Waals surface area contributed by atoms with E-state index in [1.165, 1.54) is 0 Å². The Hall–Kier alpha value is -1.87. The summed E-state index contributed by atoms with van der Waals surface area (Å²) < 4.78 is 0. The van der Waals surface area contributed by atoms with Gasteiger partial charge in [0, 0.05) is 11.3 Å². The quantitative estimate of drug-likeness (QED) is 0.598. The van der Waals surface area contributed by atoms with Crippen LogP contribution in [0.15, 0.2) is 30.3 Å². The highest BCUT2D eigenvalue weighted by molar-refractivity contribution is 6.34. The SMILES string of the molecule is C.CC.Cc1[nH]c2nc(-c3ccccc3)nc(Cl)c2c1C. The fraction of sp³-hybridized carbons (Fsp3) is 0.294. The summed E-state index contributed by atoms with van der Waals surface area (Å²) in [6, 6.07) is 9.83. The molecule has 0 saturated heterocycles. The summed E-state index contributed by atoms with van der Waals surface area (Å²) in [5.41, 5.74) is 3.94. The van der Waals surface area contributed by atoms with E-state index in [-0.39, 0.29) is 7.43 Å². The van der Waals surface area contributed by atoms with Crippen LogP contribution in [-0.4, -0.2) is 15.0 Å². The van der Waals surface area contributed by atoms with Crippen LogP contribution in [0, 0.1) is 13.8 Å². The van der Waals surface area contributed by atoms with Crippen LogP contribution in [0.2, 0.25) is 5.15 Å². The molecule has 1 aromatic carbocycles. The number of nitrogens with one attached hydrogen (secondary N) is 1. The minimum Gasteiger partial charge on any atom is -0.343 e. The number of halogens is 1. The highest BCUT2D eigenvalue weighted by atomic mass is 35.5. The second-order valence-corrected chi connectivity index (χ2v) is 4.66. The number of aromatic amines is 1. The van der Waals surface area contributed by atoms with Crippen molar-refractivity contribution in [3.05, 3.63) is 46.7 Å². The van der Waals surface area contributed by atoms with Gasteiger partial charge in [0.25, 0.3) is 0 Å². The van der Waals surface area contributed by atoms with Crippen LogP contribution in [0.1, 0.15) is 32.5 Å². The first kappa shape index (κ1) is 17.2. The first-order valence-corrected chi connectivity index (χ1v) is 7.12. The predicted octanol–water partition coefficient (Wildman–Crippen LogP) is 5.56. The molecule has 2 aromatic heterocycles. The molecule has 0 aliphatic rings. The number of aromatic nitrogens is 3. The third-order valence-corrected chi connectivity index (χ3v) is 3.41. The summed E-state index contributed by atoms with van der Waals surface area (Å²) in [5, 5.41) is 1.41. The van der Waals surface area contributed by atoms with E-state index in [2.05, 4.69) is 15.0 Å². The molecule has 3 nitrogen and oxygen atoms in total. The molecule has 0 amide bonds. The molecule has 21 heavy (non-hydrogen) atoms. The molecule has 0 aliphatic heterocycles. The van der Waals surface area contributed by atoms with Crippen LogP contribution in [0.25, 0.3) is 22.4 Å². The normalized spacial score (nSPS) is 9.76. The minimum atomic E-state index is 0. The molecular weight excluding hydrogens is 282 g/mol. The zero-order valence-corrected chi connectivity index (χ0v) is 12.9. The fourth-order valence-electron chi connectivity index (χ4n) is 2.03. The van der Waals surface area contributed by atoms with Crippen LogP contribution in [0.4, 0.5) is 0 Å². The van der Waals surface area contributed by atoms with E-state index in [9.17, 15) is 0 Å². The van der Waals surface area contributed by atoms with E-state index >= 15 is 0 Å². The average molecular weight is 304 g/mol. The first-order valence-electron chi connectivity index (χ1n) is 6.74. The van der Waals surface area contributed by atoms with Crippen molar-refractivity contribution in [3.8, 4) is 11.4 Å². The van der Waals surface area contributed by atoms with Gasteiger partial charge in [-0.15, -0.1) is 0 Å². The lowest BCUT2D eigenvalue weighted by molar-refractivity contribution is 1.19. The number of rotatable bonds is 1. The van der Waals surface area contributed by atoms with E-state index in [1.807, 2.05) is 58.0 Å². The summed E-state index contributed by atoms with van der Waals surface area (Å²) in [4.78, 5) is 12.2. The Balaban J connectivity index is 0.000000706. The molecule has 3 rings (SSSR count). The summed E-state index contributed by atoms with van der Waals surface area (Å²) in [6.07, 6.45) is 0.